The molecule has 1 aliphatic rings. The van der Waals surface area contributed by atoms with Gasteiger partial charge < -0.3 is 10.2 Å². The van der Waals surface area contributed by atoms with E-state index in [1.807, 2.05) is 61.1 Å². The first kappa shape index (κ1) is 18.2. The Morgan fingerprint density at radius 3 is 2.50 bits per heavy atom. The summed E-state index contributed by atoms with van der Waals surface area (Å²) >= 11 is 0. The minimum Gasteiger partial charge on any atom is -0.357 e. The van der Waals surface area contributed by atoms with Crippen molar-refractivity contribution in [1.82, 2.24) is 20.1 Å². The van der Waals surface area contributed by atoms with Gasteiger partial charge in [-0.25, -0.2) is 9.67 Å². The summed E-state index contributed by atoms with van der Waals surface area (Å²) in [7, 11) is 0. The lowest BCUT2D eigenvalue weighted by molar-refractivity contribution is 0.0951. The van der Waals surface area contributed by atoms with Gasteiger partial charge in [0, 0.05) is 37.1 Å². The van der Waals surface area contributed by atoms with Gasteiger partial charge in [-0.1, -0.05) is 0 Å². The molecule has 0 atom stereocenters. The van der Waals surface area contributed by atoms with Crippen molar-refractivity contribution in [1.29, 1.82) is 0 Å². The van der Waals surface area contributed by atoms with Gasteiger partial charge in [0.05, 0.1) is 11.4 Å². The SMILES string of the molecule is Cc1cc(C)n(-c2ccc(C(=O)NCc3ccnc(N4CCCC4)c3)cc2)n1. The van der Waals surface area contributed by atoms with Crippen molar-refractivity contribution >= 4 is 11.7 Å². The molecule has 144 valence electrons. The Bertz CT molecular complexity index is 971. The first-order valence-electron chi connectivity index (χ1n) is 9.72. The van der Waals surface area contributed by atoms with Crippen LogP contribution in [-0.2, 0) is 6.54 Å². The average Bonchev–Trinajstić information content (AvgIpc) is 3.36. The maximum Gasteiger partial charge on any atom is 0.251 e. The Morgan fingerprint density at radius 2 is 1.82 bits per heavy atom. The summed E-state index contributed by atoms with van der Waals surface area (Å²) in [5.74, 6) is 0.915. The molecule has 28 heavy (non-hydrogen) atoms. The van der Waals surface area contributed by atoms with Crippen molar-refractivity contribution in [3.05, 3.63) is 71.2 Å². The van der Waals surface area contributed by atoms with Gasteiger partial charge in [0.2, 0.25) is 0 Å². The second kappa shape index (κ2) is 7.84. The highest BCUT2D eigenvalue weighted by molar-refractivity contribution is 5.94. The van der Waals surface area contributed by atoms with Crippen molar-refractivity contribution in [2.45, 2.75) is 33.2 Å². The highest BCUT2D eigenvalue weighted by atomic mass is 16.1. The molecule has 4 rings (SSSR count). The minimum atomic E-state index is -0.0838. The lowest BCUT2D eigenvalue weighted by atomic mass is 10.2. The second-order valence-corrected chi connectivity index (χ2v) is 7.28. The molecule has 1 aliphatic heterocycles. The minimum absolute atomic E-state index is 0.0838. The van der Waals surface area contributed by atoms with E-state index < -0.39 is 0 Å². The molecule has 0 aliphatic carbocycles. The molecule has 1 fully saturated rings. The number of carbonyl (C=O) groups excluding carboxylic acids is 1. The number of hydrogen-bond acceptors (Lipinski definition) is 4. The maximum atomic E-state index is 12.5. The van der Waals surface area contributed by atoms with E-state index in [9.17, 15) is 4.79 Å². The van der Waals surface area contributed by atoms with Crippen molar-refractivity contribution < 1.29 is 4.79 Å². The molecule has 0 unspecified atom stereocenters. The summed E-state index contributed by atoms with van der Waals surface area (Å²) in [6.45, 7) is 6.60. The third kappa shape index (κ3) is 3.91. The molecule has 1 aromatic carbocycles. The van der Waals surface area contributed by atoms with Crippen LogP contribution in [0.3, 0.4) is 0 Å². The molecule has 3 aromatic rings. The molecule has 0 spiro atoms. The number of hydrogen-bond donors (Lipinski definition) is 1. The molecular formula is C22H25N5O. The van der Waals surface area contributed by atoms with E-state index in [2.05, 4.69) is 26.4 Å². The third-order valence-electron chi connectivity index (χ3n) is 5.08. The predicted molar refractivity (Wildman–Crippen MR) is 110 cm³/mol. The zero-order chi connectivity index (χ0) is 19.5. The number of pyridine rings is 1. The van der Waals surface area contributed by atoms with Crippen molar-refractivity contribution in [3.8, 4) is 5.69 Å². The van der Waals surface area contributed by atoms with Crippen LogP contribution in [0.25, 0.3) is 5.69 Å². The van der Waals surface area contributed by atoms with Crippen LogP contribution in [0, 0.1) is 13.8 Å². The smallest absolute Gasteiger partial charge is 0.251 e. The molecule has 0 radical (unpaired) electrons. The zero-order valence-corrected chi connectivity index (χ0v) is 16.4. The number of anilines is 1. The fourth-order valence-electron chi connectivity index (χ4n) is 3.62. The van der Waals surface area contributed by atoms with E-state index >= 15 is 0 Å². The Hall–Kier alpha value is -3.15. The fraction of sp³-hybridized carbons (Fsp3) is 0.318. The van der Waals surface area contributed by atoms with Crippen LogP contribution in [0.15, 0.2) is 48.7 Å². The molecule has 6 heteroatoms. The number of rotatable bonds is 5. The van der Waals surface area contributed by atoms with Gasteiger partial charge in [-0.05, 0) is 74.7 Å². The summed E-state index contributed by atoms with van der Waals surface area (Å²) in [6, 6.07) is 13.6. The number of nitrogens with one attached hydrogen (secondary N) is 1. The Kier molecular flexibility index (Phi) is 5.10. The van der Waals surface area contributed by atoms with Gasteiger partial charge >= 0.3 is 0 Å². The molecule has 1 N–H and O–H groups in total. The van der Waals surface area contributed by atoms with E-state index in [0.29, 0.717) is 12.1 Å². The summed E-state index contributed by atoms with van der Waals surface area (Å²) in [5, 5.41) is 7.48. The summed E-state index contributed by atoms with van der Waals surface area (Å²) in [5.41, 5.74) is 4.70. The molecule has 2 aromatic heterocycles. The average molecular weight is 375 g/mol. The molecule has 0 saturated carbocycles. The normalized spacial score (nSPS) is 13.7. The Morgan fingerprint density at radius 1 is 1.07 bits per heavy atom. The summed E-state index contributed by atoms with van der Waals surface area (Å²) in [6.07, 6.45) is 4.25. The van der Waals surface area contributed by atoms with E-state index in [-0.39, 0.29) is 5.91 Å². The molecule has 1 saturated heterocycles. The van der Waals surface area contributed by atoms with Crippen molar-refractivity contribution in [2.24, 2.45) is 0 Å². The summed E-state index contributed by atoms with van der Waals surface area (Å²) < 4.78 is 1.88. The molecule has 0 bridgehead atoms. The lowest BCUT2D eigenvalue weighted by Gasteiger charge is -2.17. The molecule has 1 amide bonds. The standard InChI is InChI=1S/C22H25N5O/c1-16-13-17(2)27(25-16)20-7-5-19(6-8-20)22(28)24-15-18-9-10-23-21(14-18)26-11-3-4-12-26/h5-10,13-14H,3-4,11-12,15H2,1-2H3,(H,24,28). The Balaban J connectivity index is 1.40. The van der Waals surface area contributed by atoms with E-state index in [4.69, 9.17) is 0 Å². The topological polar surface area (TPSA) is 63.1 Å². The fourth-order valence-corrected chi connectivity index (χ4v) is 3.62. The number of amides is 1. The van der Waals surface area contributed by atoms with Gasteiger partial charge in [-0.2, -0.15) is 5.10 Å². The summed E-state index contributed by atoms with van der Waals surface area (Å²) in [4.78, 5) is 19.3. The third-order valence-corrected chi connectivity index (χ3v) is 5.08. The van der Waals surface area contributed by atoms with Gasteiger partial charge in [0.15, 0.2) is 0 Å². The van der Waals surface area contributed by atoms with E-state index in [1.165, 1.54) is 12.8 Å². The number of aryl methyl sites for hydroxylation is 2. The quantitative estimate of drug-likeness (QED) is 0.742. The van der Waals surface area contributed by atoms with E-state index in [1.54, 1.807) is 0 Å². The van der Waals surface area contributed by atoms with Crippen LogP contribution < -0.4 is 10.2 Å². The number of benzene rings is 1. The first-order chi connectivity index (χ1) is 13.6. The van der Waals surface area contributed by atoms with Gasteiger partial charge in [-0.3, -0.25) is 4.79 Å². The van der Waals surface area contributed by atoms with Crippen LogP contribution in [0.4, 0.5) is 5.82 Å². The monoisotopic (exact) mass is 375 g/mol. The van der Waals surface area contributed by atoms with Crippen molar-refractivity contribution in [2.75, 3.05) is 18.0 Å². The van der Waals surface area contributed by atoms with Gasteiger partial charge in [0.25, 0.3) is 5.91 Å². The van der Waals surface area contributed by atoms with E-state index in [0.717, 1.165) is 41.5 Å². The molecule has 3 heterocycles. The highest BCUT2D eigenvalue weighted by Crippen LogP contribution is 2.18. The highest BCUT2D eigenvalue weighted by Gasteiger charge is 2.14. The van der Waals surface area contributed by atoms with Gasteiger partial charge in [-0.15, -0.1) is 0 Å². The first-order valence-corrected chi connectivity index (χ1v) is 9.72. The molecular weight excluding hydrogens is 350 g/mol. The van der Waals surface area contributed by atoms with Crippen LogP contribution in [0.1, 0.15) is 40.2 Å². The Labute approximate surface area is 165 Å². The number of aromatic nitrogens is 3. The van der Waals surface area contributed by atoms with Crippen LogP contribution in [0.2, 0.25) is 0 Å². The number of carbonyl (C=O) groups is 1. The van der Waals surface area contributed by atoms with Crippen LogP contribution >= 0.6 is 0 Å². The maximum absolute atomic E-state index is 12.5. The van der Waals surface area contributed by atoms with Gasteiger partial charge in [0.1, 0.15) is 5.82 Å². The van der Waals surface area contributed by atoms with Crippen molar-refractivity contribution in [3.63, 3.8) is 0 Å². The predicted octanol–water partition coefficient (Wildman–Crippen LogP) is 3.41. The second-order valence-electron chi connectivity index (χ2n) is 7.28. The van der Waals surface area contributed by atoms with Crippen LogP contribution in [-0.4, -0.2) is 33.8 Å². The lowest BCUT2D eigenvalue weighted by Crippen LogP contribution is -2.23. The molecule has 6 nitrogen and oxygen atoms in total. The largest absolute Gasteiger partial charge is 0.357 e. The van der Waals surface area contributed by atoms with Crippen LogP contribution in [0.5, 0.6) is 0 Å². The number of nitrogens with zero attached hydrogens (tertiary/aromatic N) is 4. The zero-order valence-electron chi connectivity index (χ0n) is 16.4.